The summed E-state index contributed by atoms with van der Waals surface area (Å²) in [7, 11) is -2.19. The Bertz CT molecular complexity index is 336. The molecule has 0 aliphatic heterocycles. The predicted molar refractivity (Wildman–Crippen MR) is 48.3 cm³/mol. The summed E-state index contributed by atoms with van der Waals surface area (Å²) in [6.45, 7) is 3.46. The molecule has 72 valence electrons. The zero-order valence-corrected chi connectivity index (χ0v) is 8.20. The molecule has 13 heavy (non-hydrogen) atoms. The molecule has 0 aromatic heterocycles. The first-order valence-electron chi connectivity index (χ1n) is 3.78. The average molecular weight is 204 g/mol. The van der Waals surface area contributed by atoms with Gasteiger partial charge < -0.3 is 0 Å². The Morgan fingerprint density at radius 3 is 2.46 bits per heavy atom. The van der Waals surface area contributed by atoms with Crippen molar-refractivity contribution in [1.82, 2.24) is 0 Å². The highest BCUT2D eigenvalue weighted by molar-refractivity contribution is 7.85. The van der Waals surface area contributed by atoms with Crippen LogP contribution in [0.3, 0.4) is 0 Å². The van der Waals surface area contributed by atoms with Crippen molar-refractivity contribution < 1.29 is 13.0 Å². The van der Waals surface area contributed by atoms with E-state index >= 15 is 0 Å². The maximum Gasteiger partial charge on any atom is 0.316 e. The van der Waals surface area contributed by atoms with Gasteiger partial charge in [0.15, 0.2) is 0 Å². The third kappa shape index (κ3) is 2.34. The van der Waals surface area contributed by atoms with Gasteiger partial charge in [-0.15, -0.1) is 0 Å². The molecule has 0 saturated carbocycles. The van der Waals surface area contributed by atoms with Crippen LogP contribution in [0.4, 0.5) is 8.78 Å². The second-order valence-corrected chi connectivity index (χ2v) is 4.22. The zero-order valence-electron chi connectivity index (χ0n) is 7.38. The Morgan fingerprint density at radius 2 is 1.92 bits per heavy atom. The molecule has 0 aliphatic rings. The molecule has 1 nitrogen and oxygen atoms in total. The number of hydrogen-bond acceptors (Lipinski definition) is 1. The molecule has 0 fully saturated rings. The molecule has 4 heteroatoms. The monoisotopic (exact) mass is 204 g/mol. The van der Waals surface area contributed by atoms with Crippen LogP contribution in [0, 0.1) is 13.8 Å². The van der Waals surface area contributed by atoms with Gasteiger partial charge in [0.25, 0.3) is 0 Å². The Hall–Kier alpha value is -0.770. The summed E-state index contributed by atoms with van der Waals surface area (Å²) < 4.78 is 35.3. The second kappa shape index (κ2) is 3.96. The quantitative estimate of drug-likeness (QED) is 0.723. The first-order valence-corrected chi connectivity index (χ1v) is 4.99. The summed E-state index contributed by atoms with van der Waals surface area (Å²) >= 11 is 0. The molecule has 1 aromatic carbocycles. The molecular formula is C9H10F2OS. The van der Waals surface area contributed by atoms with Gasteiger partial charge in [0.2, 0.25) is 0 Å². The van der Waals surface area contributed by atoms with Gasteiger partial charge in [-0.1, -0.05) is 12.1 Å². The predicted octanol–water partition coefficient (Wildman–Crippen LogP) is 2.63. The maximum atomic E-state index is 12.1. The van der Waals surface area contributed by atoms with E-state index in [2.05, 4.69) is 0 Å². The Labute approximate surface area is 78.2 Å². The molecule has 1 atom stereocenters. The fourth-order valence-corrected chi connectivity index (χ4v) is 1.90. The van der Waals surface area contributed by atoms with Gasteiger partial charge in [-0.25, -0.2) is 4.21 Å². The molecule has 0 saturated heterocycles. The lowest BCUT2D eigenvalue weighted by Crippen LogP contribution is -2.04. The van der Waals surface area contributed by atoms with Crippen molar-refractivity contribution in [2.45, 2.75) is 24.5 Å². The first kappa shape index (κ1) is 10.3. The van der Waals surface area contributed by atoms with E-state index < -0.39 is 16.6 Å². The molecule has 1 unspecified atom stereocenters. The SMILES string of the molecule is Cc1ccc(C)c(S(=O)C(F)F)c1. The van der Waals surface area contributed by atoms with E-state index in [-0.39, 0.29) is 4.90 Å². The van der Waals surface area contributed by atoms with Crippen LogP contribution in [-0.2, 0) is 10.8 Å². The van der Waals surface area contributed by atoms with Crippen molar-refractivity contribution >= 4 is 10.8 Å². The van der Waals surface area contributed by atoms with Gasteiger partial charge in [0, 0.05) is 4.90 Å². The zero-order chi connectivity index (χ0) is 10.0. The lowest BCUT2D eigenvalue weighted by atomic mass is 10.2. The number of benzene rings is 1. The highest BCUT2D eigenvalue weighted by Crippen LogP contribution is 2.19. The van der Waals surface area contributed by atoms with Crippen molar-refractivity contribution in [2.75, 3.05) is 0 Å². The lowest BCUT2D eigenvalue weighted by molar-refractivity contribution is 0.244. The summed E-state index contributed by atoms with van der Waals surface area (Å²) in [6, 6.07) is 5.05. The van der Waals surface area contributed by atoms with Gasteiger partial charge in [-0.2, -0.15) is 8.78 Å². The maximum absolute atomic E-state index is 12.1. The molecule has 0 heterocycles. The van der Waals surface area contributed by atoms with Gasteiger partial charge in [-0.3, -0.25) is 0 Å². The number of aryl methyl sites for hydroxylation is 2. The number of alkyl halides is 2. The summed E-state index contributed by atoms with van der Waals surface area (Å²) in [5.74, 6) is -2.81. The number of hydrogen-bond donors (Lipinski definition) is 0. The minimum atomic E-state index is -2.81. The first-order chi connectivity index (χ1) is 6.02. The van der Waals surface area contributed by atoms with Crippen molar-refractivity contribution in [2.24, 2.45) is 0 Å². The van der Waals surface area contributed by atoms with Gasteiger partial charge in [-0.05, 0) is 31.0 Å². The Kier molecular flexibility index (Phi) is 3.14. The van der Waals surface area contributed by atoms with Crippen LogP contribution >= 0.6 is 0 Å². The van der Waals surface area contributed by atoms with Crippen LogP contribution in [-0.4, -0.2) is 9.97 Å². The third-order valence-corrected chi connectivity index (χ3v) is 2.92. The molecule has 1 aromatic rings. The van der Waals surface area contributed by atoms with E-state index in [1.807, 2.05) is 6.07 Å². The van der Waals surface area contributed by atoms with Gasteiger partial charge in [0.05, 0.1) is 0 Å². The fourth-order valence-electron chi connectivity index (χ4n) is 1.02. The van der Waals surface area contributed by atoms with E-state index in [0.717, 1.165) is 5.56 Å². The summed E-state index contributed by atoms with van der Waals surface area (Å²) in [5.41, 5.74) is 1.49. The standard InChI is InChI=1S/C9H10F2OS/c1-6-3-4-7(2)8(5-6)13(12)9(10)11/h3-5,9H,1-2H3. The van der Waals surface area contributed by atoms with Crippen molar-refractivity contribution in [3.63, 3.8) is 0 Å². The Balaban J connectivity index is 3.13. The van der Waals surface area contributed by atoms with Crippen LogP contribution in [0.25, 0.3) is 0 Å². The van der Waals surface area contributed by atoms with E-state index in [1.54, 1.807) is 19.9 Å². The van der Waals surface area contributed by atoms with Crippen LogP contribution in [0.15, 0.2) is 23.1 Å². The molecule has 0 aliphatic carbocycles. The van der Waals surface area contributed by atoms with Gasteiger partial charge >= 0.3 is 5.76 Å². The molecule has 0 N–H and O–H groups in total. The van der Waals surface area contributed by atoms with Crippen LogP contribution in [0.5, 0.6) is 0 Å². The van der Waals surface area contributed by atoms with Crippen LogP contribution in [0.2, 0.25) is 0 Å². The van der Waals surface area contributed by atoms with E-state index in [1.165, 1.54) is 6.07 Å². The number of rotatable bonds is 2. The van der Waals surface area contributed by atoms with Crippen molar-refractivity contribution in [3.8, 4) is 0 Å². The smallest absolute Gasteiger partial charge is 0.248 e. The van der Waals surface area contributed by atoms with Gasteiger partial charge in [0.1, 0.15) is 10.8 Å². The number of halogens is 2. The average Bonchev–Trinajstić information content (AvgIpc) is 2.08. The van der Waals surface area contributed by atoms with Crippen LogP contribution < -0.4 is 0 Å². The van der Waals surface area contributed by atoms with Crippen LogP contribution in [0.1, 0.15) is 11.1 Å². The van der Waals surface area contributed by atoms with Crippen molar-refractivity contribution in [1.29, 1.82) is 0 Å². The minimum absolute atomic E-state index is 0.231. The Morgan fingerprint density at radius 1 is 1.31 bits per heavy atom. The van der Waals surface area contributed by atoms with E-state index in [9.17, 15) is 13.0 Å². The molecule has 0 spiro atoms. The largest absolute Gasteiger partial charge is 0.316 e. The molecule has 0 bridgehead atoms. The highest BCUT2D eigenvalue weighted by atomic mass is 32.2. The normalized spacial score (nSPS) is 13.3. The summed E-state index contributed by atoms with van der Waals surface area (Å²) in [5, 5.41) is 0. The van der Waals surface area contributed by atoms with E-state index in [0.29, 0.717) is 5.56 Å². The lowest BCUT2D eigenvalue weighted by Gasteiger charge is -2.05. The second-order valence-electron chi connectivity index (χ2n) is 2.83. The summed E-state index contributed by atoms with van der Waals surface area (Å²) in [6.07, 6.45) is 0. The third-order valence-electron chi connectivity index (χ3n) is 1.72. The molecule has 0 radical (unpaired) electrons. The highest BCUT2D eigenvalue weighted by Gasteiger charge is 2.17. The minimum Gasteiger partial charge on any atom is -0.248 e. The topological polar surface area (TPSA) is 17.1 Å². The fraction of sp³-hybridized carbons (Fsp3) is 0.333. The van der Waals surface area contributed by atoms with Crippen molar-refractivity contribution in [3.05, 3.63) is 29.3 Å². The molecule has 1 rings (SSSR count). The summed E-state index contributed by atoms with van der Waals surface area (Å²) in [4.78, 5) is 0.231. The molecular weight excluding hydrogens is 194 g/mol. The molecule has 0 amide bonds. The van der Waals surface area contributed by atoms with E-state index in [4.69, 9.17) is 0 Å².